The van der Waals surface area contributed by atoms with Crippen LogP contribution in [0.5, 0.6) is 0 Å². The number of hydrogen-bond acceptors (Lipinski definition) is 2. The van der Waals surface area contributed by atoms with Gasteiger partial charge in [0, 0.05) is 30.0 Å². The molecule has 0 aromatic heterocycles. The molecule has 3 amide bonds. The number of nitrogens with zero attached hydrogens (tertiary/aromatic N) is 1. The Hall–Kier alpha value is -2.82. The maximum absolute atomic E-state index is 12.1. The molecular weight excluding hydrogens is 302 g/mol. The lowest BCUT2D eigenvalue weighted by atomic mass is 10.1. The summed E-state index contributed by atoms with van der Waals surface area (Å²) < 4.78 is 0. The number of carbonyl (C=O) groups is 2. The van der Waals surface area contributed by atoms with Crippen LogP contribution < -0.4 is 15.5 Å². The summed E-state index contributed by atoms with van der Waals surface area (Å²) in [7, 11) is 0. The van der Waals surface area contributed by atoms with Gasteiger partial charge in [-0.25, -0.2) is 4.79 Å². The zero-order valence-corrected chi connectivity index (χ0v) is 13.7. The van der Waals surface area contributed by atoms with E-state index in [1.54, 1.807) is 0 Å². The van der Waals surface area contributed by atoms with E-state index >= 15 is 0 Å². The lowest BCUT2D eigenvalue weighted by Crippen LogP contribution is -2.35. The molecule has 5 heteroatoms. The Balaban J connectivity index is 1.68. The number of rotatable bonds is 3. The van der Waals surface area contributed by atoms with Crippen LogP contribution in [0.2, 0.25) is 0 Å². The molecule has 24 heavy (non-hydrogen) atoms. The van der Waals surface area contributed by atoms with E-state index in [-0.39, 0.29) is 11.9 Å². The highest BCUT2D eigenvalue weighted by Gasteiger charge is 2.21. The van der Waals surface area contributed by atoms with E-state index in [1.807, 2.05) is 60.4 Å². The maximum atomic E-state index is 12.1. The number of piperidine rings is 1. The predicted octanol–water partition coefficient (Wildman–Crippen LogP) is 4.16. The molecule has 1 heterocycles. The number of anilines is 3. The largest absolute Gasteiger partial charge is 0.323 e. The van der Waals surface area contributed by atoms with E-state index in [0.717, 1.165) is 36.3 Å². The summed E-state index contributed by atoms with van der Waals surface area (Å²) in [5.74, 6) is 0.173. The number of benzene rings is 2. The average Bonchev–Trinajstić information content (AvgIpc) is 2.57. The fourth-order valence-electron chi connectivity index (χ4n) is 2.91. The normalized spacial score (nSPS) is 14.4. The topological polar surface area (TPSA) is 61.4 Å². The molecule has 1 aliphatic rings. The van der Waals surface area contributed by atoms with Gasteiger partial charge in [0.25, 0.3) is 0 Å². The Morgan fingerprint density at radius 3 is 2.46 bits per heavy atom. The lowest BCUT2D eigenvalue weighted by Gasteiger charge is -2.28. The van der Waals surface area contributed by atoms with Crippen molar-refractivity contribution in [2.24, 2.45) is 0 Å². The number of carbonyl (C=O) groups excluding carboxylic acids is 2. The second kappa shape index (κ2) is 7.17. The summed E-state index contributed by atoms with van der Waals surface area (Å²) in [5, 5.41) is 5.60. The highest BCUT2D eigenvalue weighted by Crippen LogP contribution is 2.27. The van der Waals surface area contributed by atoms with Gasteiger partial charge in [0.1, 0.15) is 0 Å². The van der Waals surface area contributed by atoms with Crippen LogP contribution in [0.3, 0.4) is 0 Å². The second-order valence-corrected chi connectivity index (χ2v) is 5.95. The number of amides is 3. The van der Waals surface area contributed by atoms with Crippen LogP contribution >= 0.6 is 0 Å². The van der Waals surface area contributed by atoms with Crippen molar-refractivity contribution in [3.05, 3.63) is 54.1 Å². The Bertz CT molecular complexity index is 744. The average molecular weight is 323 g/mol. The smallest absolute Gasteiger partial charge is 0.312 e. The number of nitrogens with one attached hydrogen (secondary N) is 2. The molecule has 3 rings (SSSR count). The van der Waals surface area contributed by atoms with E-state index in [2.05, 4.69) is 10.6 Å². The molecule has 1 aliphatic heterocycles. The monoisotopic (exact) mass is 323 g/mol. The Labute approximate surface area is 141 Å². The summed E-state index contributed by atoms with van der Waals surface area (Å²) >= 11 is 0. The summed E-state index contributed by atoms with van der Waals surface area (Å²) in [5.41, 5.74) is 3.34. The number of urea groups is 1. The summed E-state index contributed by atoms with van der Waals surface area (Å²) in [6, 6.07) is 14.6. The van der Waals surface area contributed by atoms with E-state index in [4.69, 9.17) is 0 Å². The molecular formula is C19H21N3O2. The van der Waals surface area contributed by atoms with Gasteiger partial charge in [-0.05, 0) is 55.7 Å². The van der Waals surface area contributed by atoms with Crippen LogP contribution in [0, 0.1) is 6.92 Å². The standard InChI is InChI=1S/C19H21N3O2/c1-14-13-16(21-19(24)20-15-7-3-2-4-8-15)10-11-17(14)22-12-6-5-9-18(22)23/h2-4,7-8,10-11,13H,5-6,9,12H2,1H3,(H2,20,21,24). The molecule has 0 atom stereocenters. The third-order valence-electron chi connectivity index (χ3n) is 4.10. The summed E-state index contributed by atoms with van der Waals surface area (Å²) in [4.78, 5) is 25.9. The molecule has 0 aliphatic carbocycles. The van der Waals surface area contributed by atoms with Gasteiger partial charge >= 0.3 is 6.03 Å². The van der Waals surface area contributed by atoms with Gasteiger partial charge in [-0.3, -0.25) is 4.79 Å². The quantitative estimate of drug-likeness (QED) is 0.891. The molecule has 0 saturated carbocycles. The zero-order chi connectivity index (χ0) is 16.9. The van der Waals surface area contributed by atoms with Crippen molar-refractivity contribution in [2.45, 2.75) is 26.2 Å². The second-order valence-electron chi connectivity index (χ2n) is 5.95. The van der Waals surface area contributed by atoms with Gasteiger partial charge in [-0.2, -0.15) is 0 Å². The van der Waals surface area contributed by atoms with Crippen molar-refractivity contribution in [1.29, 1.82) is 0 Å². The number of aryl methyl sites for hydroxylation is 1. The molecule has 1 fully saturated rings. The van der Waals surface area contributed by atoms with Gasteiger partial charge in [-0.1, -0.05) is 18.2 Å². The molecule has 0 unspecified atom stereocenters. The van der Waals surface area contributed by atoms with Crippen molar-refractivity contribution in [3.63, 3.8) is 0 Å². The fourth-order valence-corrected chi connectivity index (χ4v) is 2.91. The fraction of sp³-hybridized carbons (Fsp3) is 0.263. The molecule has 0 spiro atoms. The predicted molar refractivity (Wildman–Crippen MR) is 96.5 cm³/mol. The Morgan fingerprint density at radius 1 is 1.00 bits per heavy atom. The van der Waals surface area contributed by atoms with E-state index in [9.17, 15) is 9.59 Å². The van der Waals surface area contributed by atoms with Crippen LogP contribution in [-0.2, 0) is 4.79 Å². The third kappa shape index (κ3) is 3.74. The molecule has 2 aromatic carbocycles. The highest BCUT2D eigenvalue weighted by molar-refractivity contribution is 6.00. The lowest BCUT2D eigenvalue weighted by molar-refractivity contribution is -0.119. The highest BCUT2D eigenvalue weighted by atomic mass is 16.2. The van der Waals surface area contributed by atoms with Gasteiger partial charge < -0.3 is 15.5 Å². The minimum Gasteiger partial charge on any atom is -0.312 e. The van der Waals surface area contributed by atoms with Gasteiger partial charge in [0.2, 0.25) is 5.91 Å². The Kier molecular flexibility index (Phi) is 4.79. The van der Waals surface area contributed by atoms with Crippen molar-refractivity contribution in [2.75, 3.05) is 22.1 Å². The molecule has 0 radical (unpaired) electrons. The minimum absolute atomic E-state index is 0.173. The molecule has 2 N–H and O–H groups in total. The van der Waals surface area contributed by atoms with Crippen LogP contribution in [0.1, 0.15) is 24.8 Å². The van der Waals surface area contributed by atoms with Crippen molar-refractivity contribution in [3.8, 4) is 0 Å². The van der Waals surface area contributed by atoms with Crippen LogP contribution in [0.25, 0.3) is 0 Å². The van der Waals surface area contributed by atoms with Crippen molar-refractivity contribution in [1.82, 2.24) is 0 Å². The first-order valence-corrected chi connectivity index (χ1v) is 8.17. The number of hydrogen-bond donors (Lipinski definition) is 2. The molecule has 5 nitrogen and oxygen atoms in total. The van der Waals surface area contributed by atoms with Crippen molar-refractivity contribution < 1.29 is 9.59 Å². The first-order valence-electron chi connectivity index (χ1n) is 8.17. The van der Waals surface area contributed by atoms with Crippen molar-refractivity contribution >= 4 is 29.0 Å². The molecule has 0 bridgehead atoms. The van der Waals surface area contributed by atoms with Crippen LogP contribution in [0.4, 0.5) is 21.9 Å². The van der Waals surface area contributed by atoms with Crippen LogP contribution in [-0.4, -0.2) is 18.5 Å². The van der Waals surface area contributed by atoms with E-state index in [0.29, 0.717) is 12.1 Å². The molecule has 124 valence electrons. The first kappa shape index (κ1) is 16.1. The summed E-state index contributed by atoms with van der Waals surface area (Å²) in [6.07, 6.45) is 2.61. The van der Waals surface area contributed by atoms with E-state index in [1.165, 1.54) is 0 Å². The van der Waals surface area contributed by atoms with Crippen LogP contribution in [0.15, 0.2) is 48.5 Å². The summed E-state index contributed by atoms with van der Waals surface area (Å²) in [6.45, 7) is 2.72. The molecule has 2 aromatic rings. The third-order valence-corrected chi connectivity index (χ3v) is 4.10. The van der Waals surface area contributed by atoms with Gasteiger partial charge in [0.15, 0.2) is 0 Å². The zero-order valence-electron chi connectivity index (χ0n) is 13.7. The van der Waals surface area contributed by atoms with Gasteiger partial charge in [-0.15, -0.1) is 0 Å². The number of para-hydroxylation sites is 1. The maximum Gasteiger partial charge on any atom is 0.323 e. The SMILES string of the molecule is Cc1cc(NC(=O)Nc2ccccc2)ccc1N1CCCCC1=O. The first-order chi connectivity index (χ1) is 11.6. The Morgan fingerprint density at radius 2 is 1.75 bits per heavy atom. The van der Waals surface area contributed by atoms with E-state index < -0.39 is 0 Å². The minimum atomic E-state index is -0.289. The van der Waals surface area contributed by atoms with Gasteiger partial charge in [0.05, 0.1) is 0 Å². The molecule has 1 saturated heterocycles.